The summed E-state index contributed by atoms with van der Waals surface area (Å²) in [4.78, 5) is 90.8. The number of carbonyl (C=O) groups is 5. The van der Waals surface area contributed by atoms with Crippen molar-refractivity contribution in [1.82, 2.24) is 21.3 Å². The van der Waals surface area contributed by atoms with Gasteiger partial charge >= 0.3 is 6.16 Å². The summed E-state index contributed by atoms with van der Waals surface area (Å²) in [5.41, 5.74) is 5.46. The highest BCUT2D eigenvalue weighted by Crippen LogP contribution is 2.67. The molecule has 20 heteroatoms. The maximum absolute atomic E-state index is 14.8. The molecule has 5 N–H and O–H groups in total. The summed E-state index contributed by atoms with van der Waals surface area (Å²) in [6, 6.07) is 42.7. The van der Waals surface area contributed by atoms with E-state index in [0.29, 0.717) is 66.9 Å². The van der Waals surface area contributed by atoms with Crippen LogP contribution in [-0.4, -0.2) is 84.6 Å². The number of nitro benzene ring substituents is 2. The van der Waals surface area contributed by atoms with Crippen molar-refractivity contribution in [2.75, 3.05) is 32.1 Å². The fraction of sp³-hybridized carbons (Fsp3) is 0.488. The number of methoxy groups -OCH3 is 1. The van der Waals surface area contributed by atoms with Gasteiger partial charge in [0.25, 0.3) is 11.4 Å². The molecule has 0 spiro atoms. The number of fused-ring (bicyclic) bond motifs is 5. The van der Waals surface area contributed by atoms with E-state index < -0.39 is 51.3 Å². The molecule has 3 saturated carbocycles. The molecule has 4 aliphatic rings. The van der Waals surface area contributed by atoms with E-state index in [1.54, 1.807) is 36.9 Å². The number of carbonyl (C=O) groups excluding carboxylic acids is 5. The van der Waals surface area contributed by atoms with Gasteiger partial charge in [-0.3, -0.25) is 44.7 Å². The largest absolute Gasteiger partial charge is 0.514 e. The summed E-state index contributed by atoms with van der Waals surface area (Å²) in [6.45, 7) is 13.6. The SMILES string of the molecule is C.COc1ccc(C(NCCCC[C@H](NC(=O)[C@H](Cc2ccc([N+](=O)[O-])cc2)NC(=O)CCC(=O)NCCCO[C@H]2CC[C@@]3(C)C(=CC[C@H]4[C@@H]5CC[C@H]([C@H](C)CCCC(C)C)[C@@]5(C)CC[C@@H]43)C2)C(=O)Nc2ccc(COC(=O)Oc3ccc([N+](=O)[O-])cc3)cc2)(c2ccccc2)c2ccccc2)cc1. The van der Waals surface area contributed by atoms with E-state index in [9.17, 15) is 44.2 Å². The van der Waals surface area contributed by atoms with Gasteiger partial charge in [-0.2, -0.15) is 0 Å². The molecule has 20 nitrogen and oxygen atoms in total. The van der Waals surface area contributed by atoms with Crippen LogP contribution in [0.3, 0.4) is 0 Å². The second-order valence-corrected chi connectivity index (χ2v) is 29.7. The lowest BCUT2D eigenvalue weighted by molar-refractivity contribution is -0.385. The van der Waals surface area contributed by atoms with Crippen molar-refractivity contribution in [3.63, 3.8) is 0 Å². The molecule has 0 saturated heterocycles. The number of benzene rings is 6. The highest BCUT2D eigenvalue weighted by Gasteiger charge is 2.59. The maximum atomic E-state index is 14.8. The zero-order valence-corrected chi connectivity index (χ0v) is 60.5. The van der Waals surface area contributed by atoms with Crippen LogP contribution < -0.4 is 36.1 Å². The second kappa shape index (κ2) is 36.9. The molecule has 104 heavy (non-hydrogen) atoms. The smallest absolute Gasteiger partial charge is 0.497 e. The van der Waals surface area contributed by atoms with Crippen LogP contribution in [0, 0.1) is 66.6 Å². The molecular formula is C84H107N7O13. The second-order valence-electron chi connectivity index (χ2n) is 29.7. The molecule has 4 aliphatic carbocycles. The van der Waals surface area contributed by atoms with Crippen molar-refractivity contribution >= 4 is 46.8 Å². The first kappa shape index (κ1) is 78.9. The fourth-order valence-corrected chi connectivity index (χ4v) is 17.3. The van der Waals surface area contributed by atoms with Gasteiger partial charge in [-0.15, -0.1) is 0 Å². The first-order chi connectivity index (χ1) is 49.6. The summed E-state index contributed by atoms with van der Waals surface area (Å²) in [5.74, 6) is 3.29. The first-order valence-electron chi connectivity index (χ1n) is 37.1. The number of nitro groups is 2. The summed E-state index contributed by atoms with van der Waals surface area (Å²) in [5, 5.41) is 38.2. The highest BCUT2D eigenvalue weighted by atomic mass is 16.7. The van der Waals surface area contributed by atoms with Crippen LogP contribution in [0.4, 0.5) is 21.9 Å². The van der Waals surface area contributed by atoms with Gasteiger partial charge < -0.3 is 40.2 Å². The number of hydrogen-bond acceptors (Lipinski definition) is 14. The Labute approximate surface area is 613 Å². The van der Waals surface area contributed by atoms with E-state index in [1.807, 2.05) is 60.7 Å². The van der Waals surface area contributed by atoms with Crippen molar-refractivity contribution in [2.45, 2.75) is 188 Å². The Morgan fingerprint density at radius 1 is 0.615 bits per heavy atom. The van der Waals surface area contributed by atoms with Gasteiger partial charge in [0.1, 0.15) is 30.2 Å². The average Bonchev–Trinajstić information content (AvgIpc) is 1.39. The van der Waals surface area contributed by atoms with Crippen LogP contribution in [0.15, 0.2) is 169 Å². The van der Waals surface area contributed by atoms with Crippen LogP contribution in [0.1, 0.15) is 179 Å². The number of unbranched alkanes of at least 4 members (excludes halogenated alkanes) is 1. The summed E-state index contributed by atoms with van der Waals surface area (Å²) < 4.78 is 22.5. The van der Waals surface area contributed by atoms with Gasteiger partial charge in [0.05, 0.1) is 28.6 Å². The van der Waals surface area contributed by atoms with E-state index in [-0.39, 0.29) is 74.3 Å². The standard InChI is InChI=1S/C83H103N7O13.CH4/c1-56(2)17-15-18-57(3)71-42-43-72-70-41-30-63-54-69(46-48-81(63,4)73(70)47-49-82(71,72)5)101-52-16-50-84-76(91)44-45-77(92)87-75(53-58-26-33-65(34-27-58)89(96)97)79(94)88-74(78(93)86-64-31-24-59(25-32-64)55-102-80(95)103-68-39-35-66(36-40-68)90(98)99)23-13-14-51-85-83(60-19-9-7-10-20-60,61-21-11-8-12-22-61)62-28-37-67(100-6)38-29-62;/h7-12,19-22,24-40,56-57,69-75,85H,13-18,23,41-55H2,1-6H3,(H,84,91)(H,86,93)(H,87,92)(H,88,94);1H4/t57-,69+,70+,71-,72+,73+,74+,75+,81+,82-;/m1./s1. The van der Waals surface area contributed by atoms with Crippen molar-refractivity contribution in [3.8, 4) is 11.5 Å². The number of nitrogens with one attached hydrogen (secondary N) is 5. The lowest BCUT2D eigenvalue weighted by Crippen LogP contribution is -2.53. The van der Waals surface area contributed by atoms with Crippen molar-refractivity contribution < 1.29 is 52.8 Å². The third-order valence-corrected chi connectivity index (χ3v) is 22.8. The molecule has 6 aromatic carbocycles. The maximum Gasteiger partial charge on any atom is 0.514 e. The molecule has 4 amide bonds. The van der Waals surface area contributed by atoms with E-state index in [1.165, 1.54) is 99.9 Å². The number of ether oxygens (including phenoxy) is 4. The molecule has 0 radical (unpaired) electrons. The third-order valence-electron chi connectivity index (χ3n) is 22.8. The van der Waals surface area contributed by atoms with Gasteiger partial charge in [-0.25, -0.2) is 4.79 Å². The lowest BCUT2D eigenvalue weighted by Gasteiger charge is -2.58. The Kier molecular flexibility index (Phi) is 28.0. The Bertz CT molecular complexity index is 3820. The summed E-state index contributed by atoms with van der Waals surface area (Å²) in [6.07, 6.45) is 16.7. The summed E-state index contributed by atoms with van der Waals surface area (Å²) in [7, 11) is 1.62. The van der Waals surface area contributed by atoms with Crippen LogP contribution in [0.25, 0.3) is 0 Å². The van der Waals surface area contributed by atoms with E-state index in [0.717, 1.165) is 71.5 Å². The molecule has 10 rings (SSSR count). The van der Waals surface area contributed by atoms with Crippen molar-refractivity contribution in [3.05, 3.63) is 217 Å². The molecule has 6 aromatic rings. The lowest BCUT2D eigenvalue weighted by atomic mass is 9.47. The number of rotatable bonds is 35. The van der Waals surface area contributed by atoms with Crippen LogP contribution in [0.5, 0.6) is 11.5 Å². The zero-order valence-electron chi connectivity index (χ0n) is 60.5. The Hall–Kier alpha value is -9.27. The zero-order chi connectivity index (χ0) is 73.1. The molecule has 0 unspecified atom stereocenters. The fourth-order valence-electron chi connectivity index (χ4n) is 17.3. The van der Waals surface area contributed by atoms with Crippen LogP contribution in [-0.2, 0) is 47.2 Å². The molecule has 10 atom stereocenters. The van der Waals surface area contributed by atoms with Crippen LogP contribution in [0.2, 0.25) is 0 Å². The normalized spacial score (nSPS) is 21.2. The quantitative estimate of drug-likeness (QED) is 0.00471. The van der Waals surface area contributed by atoms with Crippen LogP contribution >= 0.6 is 0 Å². The number of anilines is 1. The topological polar surface area (TPSA) is 269 Å². The number of nitrogens with zero attached hydrogens (tertiary/aromatic N) is 2. The Balaban J connectivity index is 0.0000125. The summed E-state index contributed by atoms with van der Waals surface area (Å²) >= 11 is 0. The molecule has 0 heterocycles. The molecule has 0 aromatic heterocycles. The van der Waals surface area contributed by atoms with Gasteiger partial charge in [0.15, 0.2) is 0 Å². The van der Waals surface area contributed by atoms with Gasteiger partial charge in [0, 0.05) is 62.4 Å². The molecule has 556 valence electrons. The number of allylic oxidation sites excluding steroid dienone is 1. The molecule has 0 aliphatic heterocycles. The number of hydrogen-bond donors (Lipinski definition) is 5. The van der Waals surface area contributed by atoms with E-state index in [2.05, 4.69) is 91.5 Å². The minimum atomic E-state index is -1.28. The third kappa shape index (κ3) is 20.0. The number of non-ortho nitro benzene ring substituents is 2. The van der Waals surface area contributed by atoms with E-state index in [4.69, 9.17) is 18.9 Å². The minimum Gasteiger partial charge on any atom is -0.497 e. The predicted molar refractivity (Wildman–Crippen MR) is 404 cm³/mol. The van der Waals surface area contributed by atoms with Gasteiger partial charge in [0.2, 0.25) is 23.6 Å². The Morgan fingerprint density at radius 3 is 1.88 bits per heavy atom. The van der Waals surface area contributed by atoms with Crippen molar-refractivity contribution in [2.24, 2.45) is 46.3 Å². The predicted octanol–water partition coefficient (Wildman–Crippen LogP) is 16.5. The molecule has 0 bridgehead atoms. The van der Waals surface area contributed by atoms with Gasteiger partial charge in [-0.05, 0) is 194 Å². The van der Waals surface area contributed by atoms with Crippen molar-refractivity contribution in [1.29, 1.82) is 0 Å². The monoisotopic (exact) mass is 1420 g/mol. The molecular weight excluding hydrogens is 1310 g/mol. The highest BCUT2D eigenvalue weighted by molar-refractivity contribution is 5.98. The van der Waals surface area contributed by atoms with Gasteiger partial charge in [-0.1, -0.05) is 170 Å². The van der Waals surface area contributed by atoms with E-state index >= 15 is 0 Å². The first-order valence-corrected chi connectivity index (χ1v) is 37.1. The Morgan fingerprint density at radius 2 is 1.24 bits per heavy atom. The average molecular weight is 1420 g/mol. The minimum absolute atomic E-state index is 0. The number of amides is 4. The molecule has 3 fully saturated rings.